The number of Topliss-reactive ketones (excluding diaryl/α,β-unsaturated/α-hetero) is 1. The molecule has 9 aromatic rings. The SMILES string of the molecule is FC(F)(F)c1cc([B-](c2cc(C(F)(F)F)cc(C(F)(F)F)c2)(c2cc(C(F)(F)F)cc(C(F)(F)F)c2)c2cc(C(F)(F)F)cc(C(F)(F)F)c2)cc(C(F)(F)F)c1.O=C(C[n+]1ccncc1Cc1c2ccccc2cc2ccccc12)c1ccccc1. The number of hydrogen-bond donors (Lipinski definition) is 0. The van der Waals surface area contributed by atoms with Crippen LogP contribution in [0.2, 0.25) is 0 Å². The van der Waals surface area contributed by atoms with Crippen molar-refractivity contribution in [2.75, 3.05) is 0 Å². The van der Waals surface area contributed by atoms with E-state index in [-0.39, 0.29) is 5.78 Å². The van der Waals surface area contributed by atoms with E-state index in [4.69, 9.17) is 0 Å². The molecule has 87 heavy (non-hydrogen) atoms. The predicted octanol–water partition coefficient (Wildman–Crippen LogP) is 16.4. The van der Waals surface area contributed by atoms with E-state index in [1.165, 1.54) is 27.1 Å². The Morgan fingerprint density at radius 1 is 0.368 bits per heavy atom. The van der Waals surface area contributed by atoms with Crippen LogP contribution in [-0.4, -0.2) is 16.9 Å². The Hall–Kier alpha value is -8.59. The summed E-state index contributed by atoms with van der Waals surface area (Å²) in [7, 11) is 0. The molecule has 456 valence electrons. The molecule has 0 unspecified atom stereocenters. The van der Waals surface area contributed by atoms with Crippen LogP contribution in [0.25, 0.3) is 21.5 Å². The summed E-state index contributed by atoms with van der Waals surface area (Å²) in [6.07, 6.45) is -48.6. The molecule has 0 spiro atoms. The standard InChI is InChI=1S/C32H12BF24.C27H21N2O/c34-25(35,36)13-1-14(26(37,38)39)6-21(5-13)33(22-7-15(27(40,41)42)2-16(8-22)28(43,44)45,23-9-17(29(46,47)48)3-18(10-23)30(49,50)51)24-11-19(31(52,53)54)4-20(12-24)32(55,56)57;30-27(20-8-2-1-3-9-20)19-29-15-14-28-18-23(29)17-26-24-12-6-4-10-21(24)16-22-11-5-7-13-25(22)26/h1-12H;1-16,18H,17,19H2/q-1;+1. The maximum atomic E-state index is 14.2. The Kier molecular flexibility index (Phi) is 17.0. The topological polar surface area (TPSA) is 33.8 Å². The summed E-state index contributed by atoms with van der Waals surface area (Å²) in [5.74, 6) is 0.0934. The molecule has 0 atom stereocenters. The molecular weight excluding hydrogens is 1220 g/mol. The molecule has 0 radical (unpaired) electrons. The summed E-state index contributed by atoms with van der Waals surface area (Å²) in [6.45, 7) is 0.296. The van der Waals surface area contributed by atoms with Gasteiger partial charge in [0, 0.05) is 5.56 Å². The number of benzene rings is 8. The maximum absolute atomic E-state index is 14.2. The third-order valence-corrected chi connectivity index (χ3v) is 14.0. The largest absolute Gasteiger partial charge is 0.416 e. The Bertz CT molecular complexity index is 3530. The van der Waals surface area contributed by atoms with E-state index in [1.54, 1.807) is 6.20 Å². The summed E-state index contributed by atoms with van der Waals surface area (Å²) < 4.78 is 343. The number of carbonyl (C=O) groups is 1. The van der Waals surface area contributed by atoms with Gasteiger partial charge in [-0.15, -0.1) is 0 Å². The lowest BCUT2D eigenvalue weighted by Crippen LogP contribution is -2.75. The Morgan fingerprint density at radius 2 is 0.655 bits per heavy atom. The van der Waals surface area contributed by atoms with Crippen molar-refractivity contribution in [3.05, 3.63) is 238 Å². The second-order valence-corrected chi connectivity index (χ2v) is 19.7. The monoisotopic (exact) mass is 1250 g/mol. The van der Waals surface area contributed by atoms with E-state index in [1.807, 2.05) is 47.3 Å². The summed E-state index contributed by atoms with van der Waals surface area (Å²) in [6, 6.07) is 19.8. The molecule has 0 fully saturated rings. The van der Waals surface area contributed by atoms with Crippen molar-refractivity contribution in [2.24, 2.45) is 0 Å². The van der Waals surface area contributed by atoms with Gasteiger partial charge in [0.15, 0.2) is 6.20 Å². The van der Waals surface area contributed by atoms with Crippen LogP contribution in [0.4, 0.5) is 105 Å². The fourth-order valence-corrected chi connectivity index (χ4v) is 10.1. The normalized spacial score (nSPS) is 13.2. The molecule has 1 aromatic heterocycles. The fraction of sp³-hybridized carbons (Fsp3) is 0.169. The summed E-state index contributed by atoms with van der Waals surface area (Å²) in [5, 5.41) is 4.92. The molecule has 0 aliphatic heterocycles. The lowest BCUT2D eigenvalue weighted by molar-refractivity contribution is -0.690. The second-order valence-electron chi connectivity index (χ2n) is 19.7. The van der Waals surface area contributed by atoms with Gasteiger partial charge < -0.3 is 0 Å². The molecule has 0 aliphatic rings. The van der Waals surface area contributed by atoms with Crippen LogP contribution >= 0.6 is 0 Å². The Balaban J connectivity index is 0.000000271. The summed E-state index contributed by atoms with van der Waals surface area (Å²) in [4.78, 5) is 17.2. The van der Waals surface area contributed by atoms with Crippen LogP contribution in [0.1, 0.15) is 66.1 Å². The molecule has 0 saturated carbocycles. The minimum absolute atomic E-state index is 0.0934. The van der Waals surface area contributed by atoms with Crippen molar-refractivity contribution in [3.63, 3.8) is 0 Å². The van der Waals surface area contributed by atoms with Gasteiger partial charge in [-0.1, -0.05) is 127 Å². The van der Waals surface area contributed by atoms with E-state index < -0.39 is 195 Å². The first-order valence-corrected chi connectivity index (χ1v) is 24.7. The van der Waals surface area contributed by atoms with Gasteiger partial charge in [-0.05, 0) is 57.4 Å². The van der Waals surface area contributed by atoms with Crippen LogP contribution in [0.3, 0.4) is 0 Å². The average molecular weight is 1250 g/mol. The third-order valence-electron chi connectivity index (χ3n) is 14.0. The molecule has 0 amide bonds. The van der Waals surface area contributed by atoms with Gasteiger partial charge >= 0.3 is 49.4 Å². The maximum Gasteiger partial charge on any atom is 0.416 e. The van der Waals surface area contributed by atoms with Gasteiger partial charge in [-0.2, -0.15) is 132 Å². The van der Waals surface area contributed by atoms with Crippen LogP contribution < -0.4 is 26.4 Å². The molecule has 28 heteroatoms. The minimum Gasteiger partial charge on any atom is -0.287 e. The number of rotatable bonds is 9. The zero-order valence-electron chi connectivity index (χ0n) is 43.1. The molecule has 3 nitrogen and oxygen atoms in total. The van der Waals surface area contributed by atoms with E-state index in [0.717, 1.165) is 11.3 Å². The second kappa shape index (κ2) is 22.9. The van der Waals surface area contributed by atoms with Crippen molar-refractivity contribution >= 4 is 55.3 Å². The molecule has 1 heterocycles. The van der Waals surface area contributed by atoms with Crippen molar-refractivity contribution in [1.82, 2.24) is 4.98 Å². The number of aromatic nitrogens is 2. The van der Waals surface area contributed by atoms with Crippen molar-refractivity contribution in [1.29, 1.82) is 0 Å². The highest BCUT2D eigenvalue weighted by Gasteiger charge is 2.47. The highest BCUT2D eigenvalue weighted by Crippen LogP contribution is 2.42. The number of alkyl halides is 24. The van der Waals surface area contributed by atoms with Gasteiger partial charge in [-0.3, -0.25) is 9.78 Å². The highest BCUT2D eigenvalue weighted by atomic mass is 19.4. The smallest absolute Gasteiger partial charge is 0.287 e. The van der Waals surface area contributed by atoms with Crippen LogP contribution in [0.5, 0.6) is 0 Å². The molecule has 0 N–H and O–H groups in total. The lowest BCUT2D eigenvalue weighted by atomic mass is 9.12. The molecule has 0 aliphatic carbocycles. The summed E-state index contributed by atoms with van der Waals surface area (Å²) >= 11 is 0. The van der Waals surface area contributed by atoms with E-state index in [9.17, 15) is 110 Å². The first-order chi connectivity index (χ1) is 40.1. The van der Waals surface area contributed by atoms with Gasteiger partial charge in [0.2, 0.25) is 18.0 Å². The van der Waals surface area contributed by atoms with E-state index in [0.29, 0.717) is 13.0 Å². The van der Waals surface area contributed by atoms with Crippen molar-refractivity contribution < 1.29 is 115 Å². The molecule has 0 bridgehead atoms. The number of fused-ring (bicyclic) bond motifs is 2. The number of ketones is 1. The molecular formula is C59H33BF24N2O. The summed E-state index contributed by atoms with van der Waals surface area (Å²) in [5.41, 5.74) is -27.2. The Morgan fingerprint density at radius 3 is 0.954 bits per heavy atom. The van der Waals surface area contributed by atoms with Crippen LogP contribution in [0, 0.1) is 0 Å². The average Bonchev–Trinajstić information content (AvgIpc) is 0.765. The van der Waals surface area contributed by atoms with Gasteiger partial charge in [0.05, 0.1) is 63.3 Å². The zero-order valence-corrected chi connectivity index (χ0v) is 43.1. The molecule has 0 saturated heterocycles. The quantitative estimate of drug-likeness (QED) is 0.0474. The first kappa shape index (κ1) is 64.4. The minimum atomic E-state index is -6.13. The number of carbonyl (C=O) groups excluding carboxylic acids is 1. The number of hydrogen-bond acceptors (Lipinski definition) is 2. The van der Waals surface area contributed by atoms with E-state index >= 15 is 0 Å². The van der Waals surface area contributed by atoms with E-state index in [2.05, 4.69) is 59.6 Å². The zero-order chi connectivity index (χ0) is 64.3. The van der Waals surface area contributed by atoms with Crippen molar-refractivity contribution in [2.45, 2.75) is 62.4 Å². The van der Waals surface area contributed by atoms with Gasteiger partial charge in [0.25, 0.3) is 0 Å². The first-order valence-electron chi connectivity index (χ1n) is 24.7. The molecule has 8 aromatic carbocycles. The Labute approximate surface area is 474 Å². The highest BCUT2D eigenvalue weighted by molar-refractivity contribution is 7.20. The predicted molar refractivity (Wildman–Crippen MR) is 270 cm³/mol. The third kappa shape index (κ3) is 14.1. The lowest BCUT2D eigenvalue weighted by Gasteiger charge is -2.46. The van der Waals surface area contributed by atoms with Gasteiger partial charge in [-0.25, -0.2) is 0 Å². The van der Waals surface area contributed by atoms with Crippen LogP contribution in [-0.2, 0) is 62.4 Å². The van der Waals surface area contributed by atoms with Crippen molar-refractivity contribution in [3.8, 4) is 0 Å². The number of halogens is 24. The fourth-order valence-electron chi connectivity index (χ4n) is 10.1. The number of nitrogens with zero attached hydrogens (tertiary/aromatic N) is 2. The molecule has 9 rings (SSSR count). The van der Waals surface area contributed by atoms with Crippen LogP contribution in [0.15, 0.2) is 176 Å². The van der Waals surface area contributed by atoms with Gasteiger partial charge in [0.1, 0.15) is 6.15 Å².